The molecule has 0 heterocycles. The molecule has 1 aromatic carbocycles. The van der Waals surface area contributed by atoms with Crippen molar-refractivity contribution in [3.63, 3.8) is 0 Å². The van der Waals surface area contributed by atoms with Crippen molar-refractivity contribution in [2.24, 2.45) is 0 Å². The van der Waals surface area contributed by atoms with E-state index in [0.717, 1.165) is 5.56 Å². The summed E-state index contributed by atoms with van der Waals surface area (Å²) in [6, 6.07) is 9.79. The van der Waals surface area contributed by atoms with Crippen LogP contribution in [0.4, 0.5) is 0 Å². The molecule has 0 unspecified atom stereocenters. The van der Waals surface area contributed by atoms with Crippen LogP contribution in [0.15, 0.2) is 30.3 Å². The van der Waals surface area contributed by atoms with Gasteiger partial charge in [-0.05, 0) is 0 Å². The Labute approximate surface area is 67.2 Å². The zero-order chi connectivity index (χ0) is 8.32. The van der Waals surface area contributed by atoms with Gasteiger partial charge in [-0.1, -0.05) is 30.3 Å². The number of hydrogen-bond acceptors (Lipinski definition) is 1. The smallest absolute Gasteiger partial charge is 0.104 e. The zero-order valence-corrected chi connectivity index (χ0v) is 6.95. The summed E-state index contributed by atoms with van der Waals surface area (Å²) in [5.41, 5.74) is 1.09. The van der Waals surface area contributed by atoms with Crippen LogP contribution in [-0.2, 0) is 6.54 Å². The highest BCUT2D eigenvalue weighted by Crippen LogP contribution is 2.05. The Morgan fingerprint density at radius 3 is 2.18 bits per heavy atom. The third-order valence-corrected chi connectivity index (χ3v) is 1.41. The molecule has 2 heteroatoms. The highest BCUT2D eigenvalue weighted by molar-refractivity contribution is 5.13. The van der Waals surface area contributed by atoms with Gasteiger partial charge in [0.1, 0.15) is 6.54 Å². The summed E-state index contributed by atoms with van der Waals surface area (Å²) in [5.74, 6) is 0. The molecule has 0 aliphatic carbocycles. The summed E-state index contributed by atoms with van der Waals surface area (Å²) >= 11 is 0. The normalized spacial score (nSPS) is 11.5. The van der Waals surface area contributed by atoms with Crippen LogP contribution in [0.25, 0.3) is 0 Å². The van der Waals surface area contributed by atoms with Gasteiger partial charge >= 0.3 is 0 Å². The highest BCUT2D eigenvalue weighted by atomic mass is 16.5. The van der Waals surface area contributed by atoms with Crippen LogP contribution in [0.5, 0.6) is 0 Å². The molecule has 0 fully saturated rings. The lowest BCUT2D eigenvalue weighted by molar-refractivity contribution is -0.853. The zero-order valence-electron chi connectivity index (χ0n) is 6.95. The first kappa shape index (κ1) is 8.24. The molecule has 60 valence electrons. The van der Waals surface area contributed by atoms with E-state index in [1.165, 1.54) is 0 Å². The van der Waals surface area contributed by atoms with Crippen molar-refractivity contribution in [3.8, 4) is 0 Å². The van der Waals surface area contributed by atoms with E-state index in [4.69, 9.17) is 0 Å². The van der Waals surface area contributed by atoms with Gasteiger partial charge in [0, 0.05) is 5.56 Å². The van der Waals surface area contributed by atoms with Gasteiger partial charge in [-0.25, -0.2) is 0 Å². The molecule has 0 saturated heterocycles. The lowest BCUT2D eigenvalue weighted by atomic mass is 10.2. The molecule has 0 aliphatic heterocycles. The summed E-state index contributed by atoms with van der Waals surface area (Å²) in [6.07, 6.45) is 0. The second-order valence-electron chi connectivity index (χ2n) is 3.22. The maximum atomic E-state index is 11.2. The standard InChI is InChI=1S/C9H13NO/c1-10(2,11)8-9-6-4-3-5-7-9/h3-7H,8H2,1-2H3. The van der Waals surface area contributed by atoms with Gasteiger partial charge in [0.2, 0.25) is 0 Å². The van der Waals surface area contributed by atoms with Gasteiger partial charge in [0.15, 0.2) is 0 Å². The van der Waals surface area contributed by atoms with Crippen LogP contribution in [0.1, 0.15) is 5.56 Å². The monoisotopic (exact) mass is 151 g/mol. The summed E-state index contributed by atoms with van der Waals surface area (Å²) in [5, 5.41) is 11.2. The summed E-state index contributed by atoms with van der Waals surface area (Å²) < 4.78 is -0.260. The maximum absolute atomic E-state index is 11.2. The van der Waals surface area contributed by atoms with Crippen LogP contribution in [0.2, 0.25) is 0 Å². The van der Waals surface area contributed by atoms with E-state index < -0.39 is 0 Å². The van der Waals surface area contributed by atoms with Gasteiger partial charge in [-0.15, -0.1) is 0 Å². The minimum atomic E-state index is -0.260. The van der Waals surface area contributed by atoms with Crippen molar-refractivity contribution in [2.75, 3.05) is 14.1 Å². The molecule has 0 saturated carbocycles. The molecular formula is C9H13NO. The van der Waals surface area contributed by atoms with Crippen molar-refractivity contribution < 1.29 is 4.65 Å². The van der Waals surface area contributed by atoms with Crippen molar-refractivity contribution in [1.29, 1.82) is 0 Å². The first-order valence-electron chi connectivity index (χ1n) is 3.66. The SMILES string of the molecule is C[N+](C)([O-])Cc1ccccc1. The number of rotatable bonds is 2. The molecule has 0 amide bonds. The molecule has 0 bridgehead atoms. The van der Waals surface area contributed by atoms with Gasteiger partial charge in [0.25, 0.3) is 0 Å². The van der Waals surface area contributed by atoms with Crippen molar-refractivity contribution >= 4 is 0 Å². The average Bonchev–Trinajstić information content (AvgIpc) is 1.85. The minimum absolute atomic E-state index is 0.260. The highest BCUT2D eigenvalue weighted by Gasteiger charge is 2.01. The first-order valence-corrected chi connectivity index (χ1v) is 3.66. The number of hydroxylamine groups is 3. The van der Waals surface area contributed by atoms with E-state index in [0.29, 0.717) is 6.54 Å². The van der Waals surface area contributed by atoms with E-state index >= 15 is 0 Å². The average molecular weight is 151 g/mol. The molecule has 1 rings (SSSR count). The molecule has 0 N–H and O–H groups in total. The molecule has 11 heavy (non-hydrogen) atoms. The molecule has 0 aromatic heterocycles. The Kier molecular flexibility index (Phi) is 2.27. The van der Waals surface area contributed by atoms with Gasteiger partial charge in [-0.3, -0.25) is 0 Å². The fraction of sp³-hybridized carbons (Fsp3) is 0.333. The Balaban J connectivity index is 2.66. The van der Waals surface area contributed by atoms with Crippen LogP contribution < -0.4 is 0 Å². The second kappa shape index (κ2) is 3.03. The second-order valence-corrected chi connectivity index (χ2v) is 3.22. The molecule has 0 spiro atoms. The first-order chi connectivity index (χ1) is 5.08. The van der Waals surface area contributed by atoms with Crippen LogP contribution in [-0.4, -0.2) is 18.7 Å². The topological polar surface area (TPSA) is 23.1 Å². The fourth-order valence-corrected chi connectivity index (χ4v) is 1.02. The van der Waals surface area contributed by atoms with E-state index in [2.05, 4.69) is 0 Å². The number of benzene rings is 1. The van der Waals surface area contributed by atoms with Gasteiger partial charge < -0.3 is 9.85 Å². The van der Waals surface area contributed by atoms with Crippen LogP contribution in [0, 0.1) is 5.21 Å². The largest absolute Gasteiger partial charge is 0.633 e. The number of quaternary nitrogens is 1. The molecule has 0 radical (unpaired) electrons. The Morgan fingerprint density at radius 1 is 1.18 bits per heavy atom. The lowest BCUT2D eigenvalue weighted by Crippen LogP contribution is -2.30. The summed E-state index contributed by atoms with van der Waals surface area (Å²) in [6.45, 7) is 0.542. The van der Waals surface area contributed by atoms with Gasteiger partial charge in [-0.2, -0.15) is 0 Å². The molecule has 1 aromatic rings. The molecule has 0 atom stereocenters. The third kappa shape index (κ3) is 3.16. The Hall–Kier alpha value is -0.860. The van der Waals surface area contributed by atoms with E-state index in [1.54, 1.807) is 14.1 Å². The Bertz CT molecular complexity index is 213. The molecule has 0 aliphatic rings. The van der Waals surface area contributed by atoms with Crippen molar-refractivity contribution in [2.45, 2.75) is 6.54 Å². The molecule has 2 nitrogen and oxygen atoms in total. The van der Waals surface area contributed by atoms with Crippen molar-refractivity contribution in [1.82, 2.24) is 0 Å². The predicted octanol–water partition coefficient (Wildman–Crippen LogP) is 1.76. The van der Waals surface area contributed by atoms with Crippen LogP contribution in [0.3, 0.4) is 0 Å². The maximum Gasteiger partial charge on any atom is 0.104 e. The predicted molar refractivity (Wildman–Crippen MR) is 45.6 cm³/mol. The minimum Gasteiger partial charge on any atom is -0.633 e. The van der Waals surface area contributed by atoms with E-state index in [9.17, 15) is 5.21 Å². The Morgan fingerprint density at radius 2 is 1.73 bits per heavy atom. The van der Waals surface area contributed by atoms with E-state index in [1.807, 2.05) is 30.3 Å². The quantitative estimate of drug-likeness (QED) is 0.466. The lowest BCUT2D eigenvalue weighted by Gasteiger charge is -2.33. The van der Waals surface area contributed by atoms with Crippen LogP contribution >= 0.6 is 0 Å². The number of hydrogen-bond donors (Lipinski definition) is 0. The van der Waals surface area contributed by atoms with E-state index in [-0.39, 0.29) is 4.65 Å². The number of nitrogens with zero attached hydrogens (tertiary/aromatic N) is 1. The molecular weight excluding hydrogens is 138 g/mol. The fourth-order valence-electron chi connectivity index (χ4n) is 1.02. The third-order valence-electron chi connectivity index (χ3n) is 1.41. The van der Waals surface area contributed by atoms with Gasteiger partial charge in [0.05, 0.1) is 14.1 Å². The van der Waals surface area contributed by atoms with Crippen molar-refractivity contribution in [3.05, 3.63) is 41.1 Å². The summed E-state index contributed by atoms with van der Waals surface area (Å²) in [7, 11) is 3.29. The summed E-state index contributed by atoms with van der Waals surface area (Å²) in [4.78, 5) is 0.